The number of aromatic hydroxyl groups is 1. The zero-order chi connectivity index (χ0) is 25.9. The molecule has 0 atom stereocenters. The van der Waals surface area contributed by atoms with Gasteiger partial charge in [0, 0.05) is 45.4 Å². The molecule has 7 nitrogen and oxygen atoms in total. The number of benzene rings is 2. The van der Waals surface area contributed by atoms with Crippen LogP contribution in [0.3, 0.4) is 0 Å². The summed E-state index contributed by atoms with van der Waals surface area (Å²) in [6.07, 6.45) is 5.75. The van der Waals surface area contributed by atoms with Gasteiger partial charge in [0.2, 0.25) is 0 Å². The van der Waals surface area contributed by atoms with Crippen molar-refractivity contribution in [2.75, 3.05) is 33.9 Å². The second-order valence-electron chi connectivity index (χ2n) is 9.74. The van der Waals surface area contributed by atoms with Crippen molar-refractivity contribution < 1.29 is 24.1 Å². The van der Waals surface area contributed by atoms with Crippen LogP contribution >= 0.6 is 11.8 Å². The van der Waals surface area contributed by atoms with Crippen LogP contribution in [0.5, 0.6) is 17.2 Å². The summed E-state index contributed by atoms with van der Waals surface area (Å²) in [5.41, 5.74) is 3.40. The van der Waals surface area contributed by atoms with Crippen LogP contribution in [0, 0.1) is 0 Å². The molecule has 0 unspecified atom stereocenters. The number of aromatic nitrogens is 1. The van der Waals surface area contributed by atoms with Crippen LogP contribution in [0.1, 0.15) is 66.7 Å². The number of fused-ring (bicyclic) bond motifs is 1. The Bertz CT molecular complexity index is 1280. The second kappa shape index (κ2) is 11.3. The van der Waals surface area contributed by atoms with Crippen molar-refractivity contribution in [3.05, 3.63) is 47.2 Å². The largest absolute Gasteiger partial charge is 0.508 e. The Labute approximate surface area is 222 Å². The maximum atomic E-state index is 13.5. The normalized spacial score (nSPS) is 16.2. The highest BCUT2D eigenvalue weighted by Crippen LogP contribution is 2.46. The Kier molecular flexibility index (Phi) is 7.86. The lowest BCUT2D eigenvalue weighted by atomic mass is 10.0. The number of hydrogen-bond donors (Lipinski definition) is 1. The maximum Gasteiger partial charge on any atom is 0.340 e. The summed E-state index contributed by atoms with van der Waals surface area (Å²) in [5, 5.41) is 11.9. The Morgan fingerprint density at radius 3 is 2.49 bits per heavy atom. The van der Waals surface area contributed by atoms with Gasteiger partial charge in [0.05, 0.1) is 26.4 Å². The maximum absolute atomic E-state index is 13.5. The van der Waals surface area contributed by atoms with Gasteiger partial charge in [-0.1, -0.05) is 6.42 Å². The van der Waals surface area contributed by atoms with E-state index in [1.165, 1.54) is 6.42 Å². The first-order valence-electron chi connectivity index (χ1n) is 13.2. The van der Waals surface area contributed by atoms with Crippen LogP contribution < -0.4 is 9.47 Å². The van der Waals surface area contributed by atoms with Crippen molar-refractivity contribution in [3.63, 3.8) is 0 Å². The molecule has 0 bridgehead atoms. The molecule has 1 aliphatic carbocycles. The minimum atomic E-state index is -0.319. The lowest BCUT2D eigenvalue weighted by molar-refractivity contribution is 0.0527. The van der Waals surface area contributed by atoms with Crippen LogP contribution in [-0.4, -0.2) is 54.5 Å². The lowest BCUT2D eigenvalue weighted by Crippen LogP contribution is -2.29. The fraction of sp³-hybridized carbons (Fsp3) is 0.483. The molecule has 0 amide bonds. The number of hydrogen-bond acceptors (Lipinski definition) is 7. The first kappa shape index (κ1) is 25.8. The molecule has 1 aromatic heterocycles. The van der Waals surface area contributed by atoms with Gasteiger partial charge in [-0.05, 0) is 76.0 Å². The topological polar surface area (TPSA) is 73.2 Å². The molecule has 0 spiro atoms. The number of carbonyl (C=O) groups excluding carboxylic acids is 1. The third-order valence-corrected chi connectivity index (χ3v) is 8.31. The molecule has 2 fully saturated rings. The van der Waals surface area contributed by atoms with E-state index in [2.05, 4.69) is 9.47 Å². The van der Waals surface area contributed by atoms with E-state index in [4.69, 9.17) is 14.2 Å². The fourth-order valence-corrected chi connectivity index (χ4v) is 6.33. The van der Waals surface area contributed by atoms with Crippen LogP contribution in [0.4, 0.5) is 0 Å². The number of methoxy groups -OCH3 is 2. The molecule has 0 radical (unpaired) electrons. The van der Waals surface area contributed by atoms with Crippen molar-refractivity contribution in [2.24, 2.45) is 0 Å². The van der Waals surface area contributed by atoms with E-state index >= 15 is 0 Å². The molecule has 1 aliphatic heterocycles. The molecule has 2 aromatic carbocycles. The summed E-state index contributed by atoms with van der Waals surface area (Å²) in [6, 6.07) is 9.99. The Morgan fingerprint density at radius 1 is 1.05 bits per heavy atom. The standard InChI is InChI=1S/C29H36N2O5S/c1-4-36-29(33)28-23(18-37-20-10-13-25(34-2)26(16-20)35-3)31(19-8-9-19)22-11-12-24(32)21(27(22)28)17-30-14-6-5-7-15-30/h10-13,16,19,32H,4-9,14-15,17-18H2,1-3H3. The first-order valence-corrected chi connectivity index (χ1v) is 14.2. The molecule has 2 aliphatic rings. The van der Waals surface area contributed by atoms with E-state index in [0.717, 1.165) is 65.8 Å². The van der Waals surface area contributed by atoms with E-state index < -0.39 is 0 Å². The van der Waals surface area contributed by atoms with Gasteiger partial charge in [0.1, 0.15) is 5.75 Å². The third-order valence-electron chi connectivity index (χ3n) is 7.31. The Morgan fingerprint density at radius 2 is 1.81 bits per heavy atom. The van der Waals surface area contributed by atoms with Gasteiger partial charge < -0.3 is 23.9 Å². The van der Waals surface area contributed by atoms with E-state index in [1.54, 1.807) is 32.0 Å². The molecule has 37 heavy (non-hydrogen) atoms. The summed E-state index contributed by atoms with van der Waals surface area (Å²) in [5.74, 6) is 1.88. The van der Waals surface area contributed by atoms with E-state index in [1.807, 2.05) is 31.2 Å². The summed E-state index contributed by atoms with van der Waals surface area (Å²) in [7, 11) is 3.26. The van der Waals surface area contributed by atoms with Gasteiger partial charge in [-0.25, -0.2) is 4.79 Å². The number of esters is 1. The van der Waals surface area contributed by atoms with Gasteiger partial charge in [-0.15, -0.1) is 11.8 Å². The molecule has 3 aromatic rings. The molecule has 2 heterocycles. The predicted octanol–water partition coefficient (Wildman–Crippen LogP) is 6.15. The van der Waals surface area contributed by atoms with Crippen LogP contribution in [0.25, 0.3) is 10.9 Å². The molecule has 5 rings (SSSR count). The number of carbonyl (C=O) groups is 1. The smallest absolute Gasteiger partial charge is 0.340 e. The summed E-state index contributed by atoms with van der Waals surface area (Å²) in [6.45, 7) is 4.79. The Hall–Kier alpha value is -2.84. The highest BCUT2D eigenvalue weighted by atomic mass is 32.2. The minimum Gasteiger partial charge on any atom is -0.508 e. The number of rotatable bonds is 10. The number of likely N-dealkylation sites (tertiary alicyclic amines) is 1. The predicted molar refractivity (Wildman–Crippen MR) is 146 cm³/mol. The third kappa shape index (κ3) is 5.27. The average Bonchev–Trinajstić information content (AvgIpc) is 3.70. The molecule has 8 heteroatoms. The van der Waals surface area contributed by atoms with Crippen LogP contribution in [0.2, 0.25) is 0 Å². The van der Waals surface area contributed by atoms with Gasteiger partial charge in [0.25, 0.3) is 0 Å². The zero-order valence-corrected chi connectivity index (χ0v) is 22.7. The monoisotopic (exact) mass is 524 g/mol. The average molecular weight is 525 g/mol. The fourth-order valence-electron chi connectivity index (χ4n) is 5.39. The molecule has 198 valence electrons. The van der Waals surface area contributed by atoms with Crippen molar-refractivity contribution in [1.29, 1.82) is 0 Å². The second-order valence-corrected chi connectivity index (χ2v) is 10.8. The number of phenols is 1. The molecule has 1 N–H and O–H groups in total. The molecular formula is C29H36N2O5S. The van der Waals surface area contributed by atoms with Crippen molar-refractivity contribution >= 4 is 28.6 Å². The highest BCUT2D eigenvalue weighted by Gasteiger charge is 2.34. The van der Waals surface area contributed by atoms with Gasteiger partial charge in [-0.2, -0.15) is 0 Å². The van der Waals surface area contributed by atoms with Crippen LogP contribution in [-0.2, 0) is 17.0 Å². The van der Waals surface area contributed by atoms with Gasteiger partial charge >= 0.3 is 5.97 Å². The molecule has 1 saturated heterocycles. The SMILES string of the molecule is CCOC(=O)c1c(CSc2ccc(OC)c(OC)c2)n(C2CC2)c2ccc(O)c(CN3CCCCC3)c12. The van der Waals surface area contributed by atoms with Gasteiger partial charge in [-0.3, -0.25) is 4.90 Å². The Balaban J connectivity index is 1.60. The highest BCUT2D eigenvalue weighted by molar-refractivity contribution is 7.98. The summed E-state index contributed by atoms with van der Waals surface area (Å²) in [4.78, 5) is 16.9. The number of nitrogens with zero attached hydrogens (tertiary/aromatic N) is 2. The zero-order valence-electron chi connectivity index (χ0n) is 21.9. The van der Waals surface area contributed by atoms with E-state index in [-0.39, 0.29) is 11.7 Å². The summed E-state index contributed by atoms with van der Waals surface area (Å²) >= 11 is 1.66. The molecule has 1 saturated carbocycles. The number of thioether (sulfide) groups is 1. The number of ether oxygens (including phenoxy) is 3. The molecular weight excluding hydrogens is 488 g/mol. The van der Waals surface area contributed by atoms with E-state index in [9.17, 15) is 9.90 Å². The lowest BCUT2D eigenvalue weighted by Gasteiger charge is -2.27. The quantitative estimate of drug-likeness (QED) is 0.252. The van der Waals surface area contributed by atoms with Crippen molar-refractivity contribution in [1.82, 2.24) is 9.47 Å². The van der Waals surface area contributed by atoms with Crippen LogP contribution in [0.15, 0.2) is 35.2 Å². The minimum absolute atomic E-state index is 0.246. The van der Waals surface area contributed by atoms with Gasteiger partial charge in [0.15, 0.2) is 11.5 Å². The van der Waals surface area contributed by atoms with Crippen molar-refractivity contribution in [3.8, 4) is 17.2 Å². The number of piperidine rings is 1. The summed E-state index contributed by atoms with van der Waals surface area (Å²) < 4.78 is 18.8. The van der Waals surface area contributed by atoms with E-state index in [0.29, 0.717) is 42.0 Å². The van der Waals surface area contributed by atoms with Crippen molar-refractivity contribution in [2.45, 2.75) is 62.3 Å². The first-order chi connectivity index (χ1) is 18.0. The number of phenolic OH excluding ortho intramolecular Hbond substituents is 1.